The molecule has 2 N–H and O–H groups in total. The third-order valence-electron chi connectivity index (χ3n) is 10.9. The van der Waals surface area contributed by atoms with Crippen LogP contribution in [0.5, 0.6) is 5.75 Å². The highest BCUT2D eigenvalue weighted by atomic mass is 35.5. The van der Waals surface area contributed by atoms with Gasteiger partial charge in [0, 0.05) is 29.1 Å². The van der Waals surface area contributed by atoms with E-state index in [1.807, 2.05) is 24.3 Å². The number of anilines is 1. The maximum absolute atomic E-state index is 13.5. The minimum Gasteiger partial charge on any atom is -0.490 e. The number of benzene rings is 2. The van der Waals surface area contributed by atoms with Crippen molar-refractivity contribution in [3.05, 3.63) is 70.3 Å². The zero-order valence-corrected chi connectivity index (χ0v) is 26.2. The Kier molecular flexibility index (Phi) is 7.54. The van der Waals surface area contributed by atoms with E-state index in [1.165, 1.54) is 11.1 Å². The molecule has 1 spiro atoms. The Balaban J connectivity index is 1.29. The van der Waals surface area contributed by atoms with Crippen LogP contribution in [-0.2, 0) is 21.9 Å². The maximum atomic E-state index is 13.5. The van der Waals surface area contributed by atoms with Gasteiger partial charge < -0.3 is 14.7 Å². The lowest BCUT2D eigenvalue weighted by Crippen LogP contribution is -2.49. The molecule has 43 heavy (non-hydrogen) atoms. The van der Waals surface area contributed by atoms with Crippen LogP contribution in [0.2, 0.25) is 5.02 Å². The SMILES string of the molecule is C[C@H]1C[C@@H]2C/C=C/[C@H](O)[C@@H]3CC[C@H]3CN3C[C@@]4(CCCc5cc(Cl)ccc54)COc4ccc(cc43)C(=O)NS(=O)(=O)[C@H]2C1. The molecule has 0 saturated heterocycles. The molecule has 0 radical (unpaired) electrons. The molecule has 2 aliphatic heterocycles. The number of amides is 1. The summed E-state index contributed by atoms with van der Waals surface area (Å²) in [6.45, 7) is 4.00. The molecule has 0 unspecified atom stereocenters. The molecule has 7 atom stereocenters. The first-order chi connectivity index (χ1) is 20.6. The average molecular weight is 625 g/mol. The second kappa shape index (κ2) is 11.1. The minimum absolute atomic E-state index is 0.0887. The number of carbonyl (C=O) groups is 1. The molecule has 230 valence electrons. The average Bonchev–Trinajstić information content (AvgIpc) is 3.26. The van der Waals surface area contributed by atoms with E-state index in [0.29, 0.717) is 43.2 Å². The number of ether oxygens (including phenoxy) is 1. The van der Waals surface area contributed by atoms with Crippen LogP contribution in [0.15, 0.2) is 48.6 Å². The van der Waals surface area contributed by atoms with Crippen LogP contribution < -0.4 is 14.4 Å². The number of halogens is 1. The van der Waals surface area contributed by atoms with Gasteiger partial charge in [0.1, 0.15) is 5.75 Å². The number of aryl methyl sites for hydroxylation is 1. The molecule has 1 amide bonds. The molecule has 0 aromatic heterocycles. The van der Waals surface area contributed by atoms with Gasteiger partial charge in [-0.25, -0.2) is 13.1 Å². The van der Waals surface area contributed by atoms with Crippen molar-refractivity contribution in [2.45, 2.75) is 75.1 Å². The molecule has 7 nitrogen and oxygen atoms in total. The van der Waals surface area contributed by atoms with Crippen molar-refractivity contribution in [2.75, 3.05) is 24.6 Å². The van der Waals surface area contributed by atoms with E-state index in [1.54, 1.807) is 12.1 Å². The van der Waals surface area contributed by atoms with E-state index in [-0.39, 0.29) is 23.2 Å². The van der Waals surface area contributed by atoms with Crippen molar-refractivity contribution < 1.29 is 23.1 Å². The van der Waals surface area contributed by atoms with Crippen LogP contribution in [0.1, 0.15) is 73.4 Å². The van der Waals surface area contributed by atoms with Crippen molar-refractivity contribution in [3.8, 4) is 5.75 Å². The fourth-order valence-corrected chi connectivity index (χ4v) is 10.6. The lowest BCUT2D eigenvalue weighted by Gasteiger charge is -2.45. The van der Waals surface area contributed by atoms with Gasteiger partial charge in [-0.2, -0.15) is 0 Å². The number of aliphatic hydroxyl groups is 1. The second-order valence-electron chi connectivity index (χ2n) is 13.8. The summed E-state index contributed by atoms with van der Waals surface area (Å²) < 4.78 is 36.1. The van der Waals surface area contributed by atoms with Gasteiger partial charge in [0.25, 0.3) is 5.91 Å². The molecule has 5 aliphatic rings. The number of nitrogens with zero attached hydrogens (tertiary/aromatic N) is 1. The Morgan fingerprint density at radius 2 is 1.98 bits per heavy atom. The lowest BCUT2D eigenvalue weighted by molar-refractivity contribution is 0.0455. The van der Waals surface area contributed by atoms with Crippen molar-refractivity contribution in [3.63, 3.8) is 0 Å². The van der Waals surface area contributed by atoms with Crippen LogP contribution in [0, 0.1) is 23.7 Å². The quantitative estimate of drug-likeness (QED) is 0.369. The molecule has 2 saturated carbocycles. The smallest absolute Gasteiger partial charge is 0.264 e. The summed E-state index contributed by atoms with van der Waals surface area (Å²) >= 11 is 6.40. The van der Waals surface area contributed by atoms with E-state index in [9.17, 15) is 18.3 Å². The van der Waals surface area contributed by atoms with Gasteiger partial charge in [-0.3, -0.25) is 4.79 Å². The number of sulfonamides is 1. The van der Waals surface area contributed by atoms with Crippen molar-refractivity contribution in [1.82, 2.24) is 4.72 Å². The predicted octanol–water partition coefficient (Wildman–Crippen LogP) is 5.63. The molecular weight excluding hydrogens is 584 g/mol. The van der Waals surface area contributed by atoms with Crippen LogP contribution in [0.3, 0.4) is 0 Å². The molecule has 3 aliphatic carbocycles. The molecular formula is C34H41ClN2O5S. The van der Waals surface area contributed by atoms with Crippen molar-refractivity contribution in [2.24, 2.45) is 23.7 Å². The fraction of sp³-hybridized carbons (Fsp3) is 0.559. The maximum Gasteiger partial charge on any atom is 0.264 e. The molecule has 9 heteroatoms. The van der Waals surface area contributed by atoms with E-state index < -0.39 is 27.3 Å². The normalized spacial score (nSPS) is 35.8. The Morgan fingerprint density at radius 1 is 1.12 bits per heavy atom. The van der Waals surface area contributed by atoms with Gasteiger partial charge in [0.2, 0.25) is 10.0 Å². The van der Waals surface area contributed by atoms with Crippen LogP contribution in [-0.4, -0.2) is 50.5 Å². The number of nitrogens with one attached hydrogen (secondary N) is 1. The summed E-state index contributed by atoms with van der Waals surface area (Å²) in [7, 11) is -3.89. The van der Waals surface area contributed by atoms with E-state index in [2.05, 4.69) is 28.7 Å². The highest BCUT2D eigenvalue weighted by molar-refractivity contribution is 7.90. The van der Waals surface area contributed by atoms with Crippen molar-refractivity contribution in [1.29, 1.82) is 0 Å². The number of aliphatic hydroxyl groups excluding tert-OH is 1. The highest BCUT2D eigenvalue weighted by Crippen LogP contribution is 2.47. The Morgan fingerprint density at radius 3 is 2.79 bits per heavy atom. The van der Waals surface area contributed by atoms with Gasteiger partial charge in [0.15, 0.2) is 0 Å². The summed E-state index contributed by atoms with van der Waals surface area (Å²) in [4.78, 5) is 15.9. The summed E-state index contributed by atoms with van der Waals surface area (Å²) in [6.07, 6.45) is 10.1. The highest BCUT2D eigenvalue weighted by Gasteiger charge is 2.45. The zero-order chi connectivity index (χ0) is 29.9. The first kappa shape index (κ1) is 29.2. The number of hydrogen-bond donors (Lipinski definition) is 2. The number of carbonyl (C=O) groups excluding carboxylic acids is 1. The topological polar surface area (TPSA) is 95.9 Å². The number of fused-ring (bicyclic) bond motifs is 5. The van der Waals surface area contributed by atoms with Gasteiger partial charge in [-0.15, -0.1) is 0 Å². The third-order valence-corrected chi connectivity index (χ3v) is 13.0. The minimum atomic E-state index is -3.89. The Hall–Kier alpha value is -2.55. The number of rotatable bonds is 0. The van der Waals surface area contributed by atoms with E-state index in [0.717, 1.165) is 55.8 Å². The molecule has 7 rings (SSSR count). The summed E-state index contributed by atoms with van der Waals surface area (Å²) in [5.41, 5.74) is 3.38. The van der Waals surface area contributed by atoms with Gasteiger partial charge >= 0.3 is 0 Å². The second-order valence-corrected chi connectivity index (χ2v) is 16.1. The first-order valence-electron chi connectivity index (χ1n) is 15.8. The summed E-state index contributed by atoms with van der Waals surface area (Å²) in [5.74, 6) is 0.690. The van der Waals surface area contributed by atoms with E-state index in [4.69, 9.17) is 16.3 Å². The monoisotopic (exact) mass is 624 g/mol. The number of allylic oxidation sites excluding steroid dienone is 1. The lowest BCUT2D eigenvalue weighted by atomic mass is 9.68. The summed E-state index contributed by atoms with van der Waals surface area (Å²) in [6, 6.07) is 11.5. The van der Waals surface area contributed by atoms with Gasteiger partial charge in [0.05, 0.1) is 23.6 Å². The van der Waals surface area contributed by atoms with Crippen molar-refractivity contribution >= 4 is 33.2 Å². The summed E-state index contributed by atoms with van der Waals surface area (Å²) in [5, 5.41) is 11.3. The zero-order valence-electron chi connectivity index (χ0n) is 24.7. The van der Waals surface area contributed by atoms with Crippen LogP contribution in [0.4, 0.5) is 5.69 Å². The Bertz CT molecular complexity index is 1560. The van der Waals surface area contributed by atoms with E-state index >= 15 is 0 Å². The molecule has 2 aromatic carbocycles. The molecule has 2 aromatic rings. The molecule has 2 fully saturated rings. The van der Waals surface area contributed by atoms with Crippen LogP contribution in [0.25, 0.3) is 0 Å². The standard InChI is InChI=1S/C34H41ClN2O5S/c1-21-14-23-4-2-6-30(38)27-10-7-25(27)18-37-19-34(13-3-5-22-16-26(35)9-11-28(22)34)20-42-31-12-8-24(17-29(31)37)33(39)36-43(40,41)32(23)15-21/h2,6,8-9,11-12,16-17,21,23,25,27,30,32,38H,3-5,7,10,13-15,18-20H2,1H3,(H,36,39)/b6-2+/t21-,23-,25-,27+,30-,32-,34-/m0/s1. The first-order valence-corrected chi connectivity index (χ1v) is 17.8. The predicted molar refractivity (Wildman–Crippen MR) is 168 cm³/mol. The van der Waals surface area contributed by atoms with Crippen LogP contribution >= 0.6 is 11.6 Å². The third kappa shape index (κ3) is 5.38. The van der Waals surface area contributed by atoms with Gasteiger partial charge in [-0.05, 0) is 116 Å². The Labute approximate surface area is 259 Å². The van der Waals surface area contributed by atoms with Gasteiger partial charge in [-0.1, -0.05) is 36.7 Å². The molecule has 2 bridgehead atoms. The largest absolute Gasteiger partial charge is 0.490 e. The fourth-order valence-electron chi connectivity index (χ4n) is 8.59. The molecule has 2 heterocycles. The number of hydrogen-bond acceptors (Lipinski definition) is 6.